The van der Waals surface area contributed by atoms with Crippen molar-refractivity contribution in [3.63, 3.8) is 0 Å². The van der Waals surface area contributed by atoms with Crippen molar-refractivity contribution < 1.29 is 4.79 Å². The van der Waals surface area contributed by atoms with Gasteiger partial charge in [-0.15, -0.1) is 10.2 Å². The highest BCUT2D eigenvalue weighted by molar-refractivity contribution is 5.98. The van der Waals surface area contributed by atoms with Crippen molar-refractivity contribution in [3.05, 3.63) is 53.7 Å². The van der Waals surface area contributed by atoms with Gasteiger partial charge in [-0.2, -0.15) is 0 Å². The Hall–Kier alpha value is -2.76. The van der Waals surface area contributed by atoms with E-state index in [1.807, 2.05) is 37.3 Å². The lowest BCUT2D eigenvalue weighted by molar-refractivity contribution is 0.0953. The molecule has 0 spiro atoms. The fourth-order valence-electron chi connectivity index (χ4n) is 2.93. The lowest BCUT2D eigenvalue weighted by atomic mass is 10.1. The Kier molecular flexibility index (Phi) is 3.72. The summed E-state index contributed by atoms with van der Waals surface area (Å²) in [6.45, 7) is 2.40. The largest absolute Gasteiger partial charge is 0.352 e. The molecule has 2 aromatic heterocycles. The van der Waals surface area contributed by atoms with Gasteiger partial charge in [0.05, 0.1) is 16.8 Å². The minimum atomic E-state index is -0.0942. The van der Waals surface area contributed by atoms with Crippen molar-refractivity contribution in [1.29, 1.82) is 0 Å². The van der Waals surface area contributed by atoms with Crippen molar-refractivity contribution in [3.8, 4) is 0 Å². The maximum absolute atomic E-state index is 12.5. The molecule has 1 aliphatic rings. The van der Waals surface area contributed by atoms with E-state index in [1.54, 1.807) is 6.33 Å². The average Bonchev–Trinajstić information content (AvgIpc) is 3.33. The van der Waals surface area contributed by atoms with Gasteiger partial charge in [0.25, 0.3) is 5.91 Å². The normalized spacial score (nSPS) is 14.0. The number of carbonyl (C=O) groups excluding carboxylic acids is 1. The van der Waals surface area contributed by atoms with Crippen LogP contribution in [0.1, 0.15) is 40.8 Å². The van der Waals surface area contributed by atoms with Crippen molar-refractivity contribution in [2.45, 2.75) is 32.2 Å². The zero-order chi connectivity index (χ0) is 16.5. The first-order valence-electron chi connectivity index (χ1n) is 8.25. The second kappa shape index (κ2) is 6.03. The molecule has 0 bridgehead atoms. The number of hydrogen-bond acceptors (Lipinski definition) is 4. The molecule has 0 atom stereocenters. The number of aromatic nitrogens is 4. The zero-order valence-corrected chi connectivity index (χ0v) is 13.6. The van der Waals surface area contributed by atoms with Gasteiger partial charge < -0.3 is 9.88 Å². The van der Waals surface area contributed by atoms with Crippen LogP contribution in [0.5, 0.6) is 0 Å². The summed E-state index contributed by atoms with van der Waals surface area (Å²) in [5.74, 6) is 0.842. The van der Waals surface area contributed by atoms with E-state index in [0.717, 1.165) is 22.4 Å². The molecule has 0 saturated heterocycles. The number of aryl methyl sites for hydroxylation is 1. The molecule has 1 aromatic carbocycles. The van der Waals surface area contributed by atoms with E-state index in [2.05, 4.69) is 25.1 Å². The molecule has 24 heavy (non-hydrogen) atoms. The minimum Gasteiger partial charge on any atom is -0.352 e. The van der Waals surface area contributed by atoms with Crippen molar-refractivity contribution in [2.24, 2.45) is 0 Å². The highest BCUT2D eigenvalue weighted by atomic mass is 16.1. The van der Waals surface area contributed by atoms with Crippen LogP contribution in [-0.2, 0) is 6.42 Å². The smallest absolute Gasteiger partial charge is 0.253 e. The highest BCUT2D eigenvalue weighted by Gasteiger charge is 2.25. The molecule has 1 saturated carbocycles. The van der Waals surface area contributed by atoms with Gasteiger partial charge in [0, 0.05) is 24.4 Å². The topological polar surface area (TPSA) is 72.7 Å². The van der Waals surface area contributed by atoms with Gasteiger partial charge in [0.2, 0.25) is 0 Å². The molecule has 1 aliphatic carbocycles. The maximum Gasteiger partial charge on any atom is 0.253 e. The first-order valence-corrected chi connectivity index (χ1v) is 8.25. The van der Waals surface area contributed by atoms with Crippen LogP contribution >= 0.6 is 0 Å². The van der Waals surface area contributed by atoms with Crippen molar-refractivity contribution in [2.75, 3.05) is 6.54 Å². The third kappa shape index (κ3) is 2.87. The molecular weight excluding hydrogens is 302 g/mol. The number of pyridine rings is 1. The molecule has 2 heterocycles. The van der Waals surface area contributed by atoms with Crippen LogP contribution in [0.2, 0.25) is 0 Å². The molecule has 6 nitrogen and oxygen atoms in total. The molecule has 3 aromatic rings. The highest BCUT2D eigenvalue weighted by Crippen LogP contribution is 2.35. The average molecular weight is 321 g/mol. The molecule has 6 heteroatoms. The van der Waals surface area contributed by atoms with E-state index < -0.39 is 0 Å². The summed E-state index contributed by atoms with van der Waals surface area (Å²) in [6.07, 6.45) is 4.85. The van der Waals surface area contributed by atoms with Crippen LogP contribution in [0.4, 0.5) is 0 Å². The van der Waals surface area contributed by atoms with Gasteiger partial charge in [0.1, 0.15) is 12.2 Å². The Morgan fingerprint density at radius 3 is 3.00 bits per heavy atom. The molecule has 4 rings (SSSR count). The zero-order valence-electron chi connectivity index (χ0n) is 13.6. The molecular formula is C18H19N5O. The number of nitrogens with zero attached hydrogens (tertiary/aromatic N) is 4. The first-order chi connectivity index (χ1) is 11.7. The number of nitrogens with one attached hydrogen (secondary N) is 1. The molecule has 1 N–H and O–H groups in total. The Labute approximate surface area is 139 Å². The standard InChI is InChI=1S/C18H19N5O/c1-12-15(10-13-4-2-3-5-16(13)21-12)18(24)19-9-8-17-22-20-11-23(17)14-6-7-14/h2-5,10-11,14H,6-9H2,1H3,(H,19,24). The van der Waals surface area contributed by atoms with Crippen LogP contribution in [0.15, 0.2) is 36.7 Å². The van der Waals surface area contributed by atoms with Crippen molar-refractivity contribution >= 4 is 16.8 Å². The van der Waals surface area contributed by atoms with Gasteiger partial charge in [-0.3, -0.25) is 9.78 Å². The second-order valence-corrected chi connectivity index (χ2v) is 6.21. The summed E-state index contributed by atoms with van der Waals surface area (Å²) < 4.78 is 2.12. The molecule has 122 valence electrons. The molecule has 0 aliphatic heterocycles. The molecule has 1 fully saturated rings. The number of carbonyl (C=O) groups is 1. The number of amides is 1. The lowest BCUT2D eigenvalue weighted by Crippen LogP contribution is -2.27. The number of fused-ring (bicyclic) bond motifs is 1. The summed E-state index contributed by atoms with van der Waals surface area (Å²) in [6, 6.07) is 10.3. The van der Waals surface area contributed by atoms with E-state index in [0.29, 0.717) is 24.6 Å². The van der Waals surface area contributed by atoms with Gasteiger partial charge in [-0.25, -0.2) is 0 Å². The Morgan fingerprint density at radius 1 is 1.33 bits per heavy atom. The van der Waals surface area contributed by atoms with E-state index in [1.165, 1.54) is 12.8 Å². The number of hydrogen-bond donors (Lipinski definition) is 1. The predicted molar refractivity (Wildman–Crippen MR) is 90.8 cm³/mol. The Bertz CT molecular complexity index is 897. The van der Waals surface area contributed by atoms with Crippen LogP contribution in [0.25, 0.3) is 10.9 Å². The monoisotopic (exact) mass is 321 g/mol. The Morgan fingerprint density at radius 2 is 2.17 bits per heavy atom. The summed E-state index contributed by atoms with van der Waals surface area (Å²) in [7, 11) is 0. The summed E-state index contributed by atoms with van der Waals surface area (Å²) in [5, 5.41) is 12.1. The number of rotatable bonds is 5. The van der Waals surface area contributed by atoms with Crippen molar-refractivity contribution in [1.82, 2.24) is 25.1 Å². The van der Waals surface area contributed by atoms with E-state index in [-0.39, 0.29) is 5.91 Å². The molecule has 0 unspecified atom stereocenters. The summed E-state index contributed by atoms with van der Waals surface area (Å²) >= 11 is 0. The van der Waals surface area contributed by atoms with Crippen LogP contribution in [0, 0.1) is 6.92 Å². The summed E-state index contributed by atoms with van der Waals surface area (Å²) in [4.78, 5) is 17.0. The predicted octanol–water partition coefficient (Wildman–Crippen LogP) is 2.44. The van der Waals surface area contributed by atoms with Gasteiger partial charge in [0.15, 0.2) is 0 Å². The van der Waals surface area contributed by atoms with Crippen LogP contribution in [0.3, 0.4) is 0 Å². The fourth-order valence-corrected chi connectivity index (χ4v) is 2.93. The SMILES string of the molecule is Cc1nc2ccccc2cc1C(=O)NCCc1nncn1C1CC1. The van der Waals surface area contributed by atoms with Crippen LogP contribution < -0.4 is 5.32 Å². The number of para-hydroxylation sites is 1. The first kappa shape index (κ1) is 14.8. The van der Waals surface area contributed by atoms with Gasteiger partial charge in [-0.1, -0.05) is 18.2 Å². The fraction of sp³-hybridized carbons (Fsp3) is 0.333. The maximum atomic E-state index is 12.5. The summed E-state index contributed by atoms with van der Waals surface area (Å²) in [5.41, 5.74) is 2.27. The van der Waals surface area contributed by atoms with Crippen LogP contribution in [-0.4, -0.2) is 32.2 Å². The minimum absolute atomic E-state index is 0.0942. The lowest BCUT2D eigenvalue weighted by Gasteiger charge is -2.09. The number of benzene rings is 1. The van der Waals surface area contributed by atoms with E-state index in [9.17, 15) is 4.79 Å². The third-order valence-electron chi connectivity index (χ3n) is 4.38. The van der Waals surface area contributed by atoms with E-state index >= 15 is 0 Å². The van der Waals surface area contributed by atoms with E-state index in [4.69, 9.17) is 0 Å². The van der Waals surface area contributed by atoms with Gasteiger partial charge >= 0.3 is 0 Å². The molecule has 1 amide bonds. The quantitative estimate of drug-likeness (QED) is 0.783. The molecule has 0 radical (unpaired) electrons. The Balaban J connectivity index is 1.44. The second-order valence-electron chi connectivity index (χ2n) is 6.21. The third-order valence-corrected chi connectivity index (χ3v) is 4.38. The van der Waals surface area contributed by atoms with Gasteiger partial charge in [-0.05, 0) is 31.9 Å².